The zero-order chi connectivity index (χ0) is 27.2. The van der Waals surface area contributed by atoms with Crippen LogP contribution in [0, 0.1) is 0 Å². The van der Waals surface area contributed by atoms with Crippen molar-refractivity contribution >= 4 is 28.3 Å². The average molecular weight is 537 g/mol. The number of amides is 2. The van der Waals surface area contributed by atoms with Gasteiger partial charge in [0.05, 0.1) is 24.9 Å². The Balaban J connectivity index is 1.51. The summed E-state index contributed by atoms with van der Waals surface area (Å²) in [6.45, 7) is 5.56. The van der Waals surface area contributed by atoms with Gasteiger partial charge in [-0.05, 0) is 56.3 Å². The fourth-order valence-electron chi connectivity index (χ4n) is 4.62. The third-order valence-electron chi connectivity index (χ3n) is 6.79. The summed E-state index contributed by atoms with van der Waals surface area (Å²) in [5, 5.41) is 16.8. The van der Waals surface area contributed by atoms with Gasteiger partial charge in [-0.3, -0.25) is 14.9 Å². The number of benzene rings is 2. The lowest BCUT2D eigenvalue weighted by atomic mass is 9.98. The van der Waals surface area contributed by atoms with Crippen molar-refractivity contribution in [2.45, 2.75) is 58.2 Å². The number of aromatic nitrogens is 1. The molecule has 3 N–H and O–H groups in total. The predicted octanol–water partition coefficient (Wildman–Crippen LogP) is 5.11. The summed E-state index contributed by atoms with van der Waals surface area (Å²) >= 11 is 1.53. The van der Waals surface area contributed by atoms with Gasteiger partial charge in [-0.2, -0.15) is 0 Å². The van der Waals surface area contributed by atoms with E-state index in [1.54, 1.807) is 31.2 Å². The summed E-state index contributed by atoms with van der Waals surface area (Å²) in [5.74, 6) is 0.0679. The predicted molar refractivity (Wildman–Crippen MR) is 150 cm³/mol. The Kier molecular flexibility index (Phi) is 9.14. The van der Waals surface area contributed by atoms with Crippen molar-refractivity contribution in [3.8, 4) is 5.75 Å². The molecule has 2 atom stereocenters. The number of anilines is 1. The standard InChI is InChI=1S/C29H36N4O4S/c1-5-6-10-23(30-27(35)21-11-12-25(37-4)22(16-21)18(2)34)19-8-7-9-20(15-19)28(36)32-29-31-24-13-14-33(3)17-26(24)38-29/h7-9,11-12,15-16,18,23,34H,5-6,10,13-14,17H2,1-4H3,(H,30,35)(H,31,32,36)/t18?,23-/m1/s1. The second-order valence-corrected chi connectivity index (χ2v) is 10.8. The van der Waals surface area contributed by atoms with Gasteiger partial charge in [0.1, 0.15) is 5.75 Å². The summed E-state index contributed by atoms with van der Waals surface area (Å²) in [5.41, 5.74) is 3.44. The van der Waals surface area contributed by atoms with Gasteiger partial charge < -0.3 is 20.1 Å². The zero-order valence-electron chi connectivity index (χ0n) is 22.4. The Morgan fingerprint density at radius 2 is 1.97 bits per heavy atom. The number of carbonyl (C=O) groups is 2. The number of nitrogens with zero attached hydrogens (tertiary/aromatic N) is 2. The number of rotatable bonds is 10. The molecule has 0 aliphatic carbocycles. The van der Waals surface area contributed by atoms with Gasteiger partial charge in [-0.25, -0.2) is 4.98 Å². The highest BCUT2D eigenvalue weighted by molar-refractivity contribution is 7.15. The van der Waals surface area contributed by atoms with Crippen molar-refractivity contribution in [2.24, 2.45) is 0 Å². The van der Waals surface area contributed by atoms with Crippen LogP contribution in [0.1, 0.15) is 87.7 Å². The third kappa shape index (κ3) is 6.59. The fourth-order valence-corrected chi connectivity index (χ4v) is 5.70. The van der Waals surface area contributed by atoms with Gasteiger partial charge in [0.15, 0.2) is 5.13 Å². The molecular weight excluding hydrogens is 500 g/mol. The second-order valence-electron chi connectivity index (χ2n) is 9.76. The summed E-state index contributed by atoms with van der Waals surface area (Å²) in [6.07, 6.45) is 2.75. The van der Waals surface area contributed by atoms with E-state index in [2.05, 4.69) is 34.5 Å². The molecule has 0 radical (unpaired) electrons. The van der Waals surface area contributed by atoms with Crippen LogP contribution in [0.15, 0.2) is 42.5 Å². The first kappa shape index (κ1) is 27.8. The van der Waals surface area contributed by atoms with Crippen molar-refractivity contribution in [1.82, 2.24) is 15.2 Å². The molecule has 1 aliphatic rings. The monoisotopic (exact) mass is 536 g/mol. The molecule has 9 heteroatoms. The minimum atomic E-state index is -0.770. The van der Waals surface area contributed by atoms with Gasteiger partial charge in [0.2, 0.25) is 0 Å². The molecule has 2 heterocycles. The van der Waals surface area contributed by atoms with Crippen LogP contribution in [-0.4, -0.2) is 47.5 Å². The number of ether oxygens (including phenoxy) is 1. The van der Waals surface area contributed by atoms with E-state index >= 15 is 0 Å². The number of nitrogens with one attached hydrogen (secondary N) is 2. The first-order valence-electron chi connectivity index (χ1n) is 13.0. The van der Waals surface area contributed by atoms with Crippen LogP contribution < -0.4 is 15.4 Å². The lowest BCUT2D eigenvalue weighted by Crippen LogP contribution is -2.29. The normalized spacial score (nSPS) is 14.9. The SMILES string of the molecule is CCCC[C@@H](NC(=O)c1ccc(OC)c(C(C)O)c1)c1cccc(C(=O)Nc2nc3c(s2)CN(C)CC3)c1. The molecule has 0 fully saturated rings. The second kappa shape index (κ2) is 12.5. The average Bonchev–Trinajstić information content (AvgIpc) is 3.31. The van der Waals surface area contributed by atoms with Crippen molar-refractivity contribution in [1.29, 1.82) is 0 Å². The Morgan fingerprint density at radius 1 is 1.18 bits per heavy atom. The molecule has 1 aromatic heterocycles. The lowest BCUT2D eigenvalue weighted by Gasteiger charge is -2.20. The molecule has 8 nitrogen and oxygen atoms in total. The molecular formula is C29H36N4O4S. The van der Waals surface area contributed by atoms with Crippen LogP contribution in [0.5, 0.6) is 5.75 Å². The quantitative estimate of drug-likeness (QED) is 0.333. The number of methoxy groups -OCH3 is 1. The largest absolute Gasteiger partial charge is 0.496 e. The highest BCUT2D eigenvalue weighted by Crippen LogP contribution is 2.29. The van der Waals surface area contributed by atoms with E-state index in [9.17, 15) is 14.7 Å². The Morgan fingerprint density at radius 3 is 2.71 bits per heavy atom. The maximum Gasteiger partial charge on any atom is 0.257 e. The maximum absolute atomic E-state index is 13.2. The number of unbranched alkanes of at least 4 members (excludes halogenated alkanes) is 1. The minimum Gasteiger partial charge on any atom is -0.496 e. The topological polar surface area (TPSA) is 104 Å². The van der Waals surface area contributed by atoms with E-state index < -0.39 is 6.10 Å². The molecule has 0 saturated heterocycles. The Labute approximate surface area is 228 Å². The number of hydrogen-bond acceptors (Lipinski definition) is 7. The highest BCUT2D eigenvalue weighted by atomic mass is 32.1. The molecule has 0 saturated carbocycles. The first-order chi connectivity index (χ1) is 18.3. The fraction of sp³-hybridized carbons (Fsp3) is 0.414. The van der Waals surface area contributed by atoms with Gasteiger partial charge in [0, 0.05) is 41.1 Å². The Bertz CT molecular complexity index is 1290. The molecule has 0 bridgehead atoms. The number of thiazole rings is 1. The lowest BCUT2D eigenvalue weighted by molar-refractivity contribution is 0.0933. The van der Waals surface area contributed by atoms with Crippen molar-refractivity contribution < 1.29 is 19.4 Å². The molecule has 202 valence electrons. The van der Waals surface area contributed by atoms with Gasteiger partial charge in [-0.1, -0.05) is 31.9 Å². The number of fused-ring (bicyclic) bond motifs is 1. The van der Waals surface area contributed by atoms with Crippen LogP contribution in [0.2, 0.25) is 0 Å². The van der Waals surface area contributed by atoms with Crippen molar-refractivity contribution in [2.75, 3.05) is 26.0 Å². The van der Waals surface area contributed by atoms with E-state index in [0.29, 0.717) is 27.6 Å². The smallest absolute Gasteiger partial charge is 0.257 e. The van der Waals surface area contributed by atoms with Crippen LogP contribution in [-0.2, 0) is 13.0 Å². The molecule has 2 aromatic carbocycles. The molecule has 0 spiro atoms. The highest BCUT2D eigenvalue weighted by Gasteiger charge is 2.21. The first-order valence-corrected chi connectivity index (χ1v) is 13.9. The summed E-state index contributed by atoms with van der Waals surface area (Å²) in [7, 11) is 3.62. The van der Waals surface area contributed by atoms with E-state index in [1.807, 2.05) is 18.2 Å². The molecule has 38 heavy (non-hydrogen) atoms. The number of aliphatic hydroxyl groups excluding tert-OH is 1. The summed E-state index contributed by atoms with van der Waals surface area (Å²) in [6, 6.07) is 12.2. The van der Waals surface area contributed by atoms with Crippen LogP contribution in [0.25, 0.3) is 0 Å². The van der Waals surface area contributed by atoms with Gasteiger partial charge in [-0.15, -0.1) is 11.3 Å². The molecule has 1 aliphatic heterocycles. The molecule has 2 amide bonds. The van der Waals surface area contributed by atoms with Gasteiger partial charge >= 0.3 is 0 Å². The number of likely N-dealkylation sites (N-methyl/N-ethyl adjacent to an activating group) is 1. The van der Waals surface area contributed by atoms with Crippen LogP contribution in [0.4, 0.5) is 5.13 Å². The van der Waals surface area contributed by atoms with E-state index in [1.165, 1.54) is 23.3 Å². The summed E-state index contributed by atoms with van der Waals surface area (Å²) < 4.78 is 5.32. The third-order valence-corrected chi connectivity index (χ3v) is 7.79. The number of carbonyl (C=O) groups excluding carboxylic acids is 2. The zero-order valence-corrected chi connectivity index (χ0v) is 23.2. The van der Waals surface area contributed by atoms with Gasteiger partial charge in [0.25, 0.3) is 11.8 Å². The number of aliphatic hydroxyl groups is 1. The molecule has 3 aromatic rings. The Hall–Kier alpha value is -3.27. The maximum atomic E-state index is 13.2. The minimum absolute atomic E-state index is 0.219. The van der Waals surface area contributed by atoms with Crippen LogP contribution in [0.3, 0.4) is 0 Å². The van der Waals surface area contributed by atoms with Crippen molar-refractivity contribution in [3.63, 3.8) is 0 Å². The number of hydrogen-bond donors (Lipinski definition) is 3. The molecule has 4 rings (SSSR count). The molecule has 1 unspecified atom stereocenters. The van der Waals surface area contributed by atoms with Crippen LogP contribution >= 0.6 is 11.3 Å². The summed E-state index contributed by atoms with van der Waals surface area (Å²) in [4.78, 5) is 34.4. The van der Waals surface area contributed by atoms with E-state index in [4.69, 9.17) is 4.74 Å². The van der Waals surface area contributed by atoms with Crippen molar-refractivity contribution in [3.05, 3.63) is 75.3 Å². The van der Waals surface area contributed by atoms with E-state index in [0.717, 1.165) is 50.0 Å². The van der Waals surface area contributed by atoms with E-state index in [-0.39, 0.29) is 17.9 Å².